The molecule has 0 unspecified atom stereocenters. The number of aromatic nitrogens is 2. The van der Waals surface area contributed by atoms with Crippen LogP contribution in [0, 0.1) is 0 Å². The van der Waals surface area contributed by atoms with Gasteiger partial charge in [0, 0.05) is 24.7 Å². The van der Waals surface area contributed by atoms with Crippen LogP contribution in [-0.4, -0.2) is 28.9 Å². The molecule has 0 radical (unpaired) electrons. The number of hydrogen-bond acceptors (Lipinski definition) is 4. The van der Waals surface area contributed by atoms with Crippen molar-refractivity contribution < 1.29 is 9.53 Å². The molecule has 4 N–H and O–H groups in total. The number of hydrogen-bond donors (Lipinski definition) is 3. The molecule has 7 nitrogen and oxygen atoms in total. The Morgan fingerprint density at radius 1 is 1.38 bits per heavy atom. The molecule has 3 aromatic rings. The highest BCUT2D eigenvalue weighted by Crippen LogP contribution is 2.33. The minimum Gasteiger partial charge on any atom is -0.437 e. The molecule has 0 fully saturated rings. The fourth-order valence-corrected chi connectivity index (χ4v) is 2.34. The van der Waals surface area contributed by atoms with Gasteiger partial charge in [-0.2, -0.15) is 0 Å². The summed E-state index contributed by atoms with van der Waals surface area (Å²) >= 11 is 6.21. The van der Waals surface area contributed by atoms with E-state index in [0.717, 1.165) is 0 Å². The Balaban J connectivity index is 2.00. The lowest BCUT2D eigenvalue weighted by Gasteiger charge is -2.06. The first kappa shape index (κ1) is 15.8. The molecular formula is C16H14ClN5O2. The van der Waals surface area contributed by atoms with Crippen molar-refractivity contribution in [2.75, 3.05) is 7.05 Å². The van der Waals surface area contributed by atoms with Gasteiger partial charge in [0.15, 0.2) is 11.7 Å². The van der Waals surface area contributed by atoms with E-state index >= 15 is 0 Å². The summed E-state index contributed by atoms with van der Waals surface area (Å²) in [7, 11) is 1.48. The number of H-pyrrole nitrogens is 1. The molecule has 0 aliphatic rings. The normalized spacial score (nSPS) is 11.5. The molecule has 0 saturated heterocycles. The van der Waals surface area contributed by atoms with E-state index in [1.54, 1.807) is 36.5 Å². The zero-order valence-corrected chi connectivity index (χ0v) is 13.5. The molecule has 0 saturated carbocycles. The molecule has 8 heteroatoms. The van der Waals surface area contributed by atoms with Crippen molar-refractivity contribution in [3.8, 4) is 11.6 Å². The van der Waals surface area contributed by atoms with Crippen molar-refractivity contribution >= 4 is 34.4 Å². The Labute approximate surface area is 142 Å². The highest BCUT2D eigenvalue weighted by Gasteiger charge is 2.15. The summed E-state index contributed by atoms with van der Waals surface area (Å²) in [5.41, 5.74) is 6.39. The molecule has 122 valence electrons. The van der Waals surface area contributed by atoms with E-state index in [1.165, 1.54) is 7.05 Å². The van der Waals surface area contributed by atoms with Gasteiger partial charge in [0.25, 0.3) is 5.91 Å². The third-order valence-corrected chi connectivity index (χ3v) is 3.61. The Kier molecular flexibility index (Phi) is 4.35. The largest absolute Gasteiger partial charge is 0.437 e. The van der Waals surface area contributed by atoms with E-state index in [2.05, 4.69) is 20.3 Å². The van der Waals surface area contributed by atoms with Crippen molar-refractivity contribution in [1.29, 1.82) is 0 Å². The predicted octanol–water partition coefficient (Wildman–Crippen LogP) is 2.68. The standard InChI is InChI=1S/C16H14ClN5O2/c1-19-16(18)22-15(23)11-8-9-10(17)5-6-12(14(9)21-11)24-13-4-2-3-7-20-13/h2-8,21H,1H3,(H3,18,19,22,23). The van der Waals surface area contributed by atoms with Crippen LogP contribution in [0.4, 0.5) is 0 Å². The average Bonchev–Trinajstić information content (AvgIpc) is 3.05. The van der Waals surface area contributed by atoms with Gasteiger partial charge in [-0.25, -0.2) is 4.98 Å². The van der Waals surface area contributed by atoms with Crippen molar-refractivity contribution in [3.63, 3.8) is 0 Å². The molecule has 0 aliphatic carbocycles. The molecule has 0 aliphatic heterocycles. The second-order valence-corrected chi connectivity index (χ2v) is 5.26. The molecule has 3 rings (SSSR count). The summed E-state index contributed by atoms with van der Waals surface area (Å²) in [4.78, 5) is 23.0. The van der Waals surface area contributed by atoms with Crippen LogP contribution >= 0.6 is 11.6 Å². The van der Waals surface area contributed by atoms with Gasteiger partial charge in [-0.05, 0) is 24.3 Å². The number of nitrogens with zero attached hydrogens (tertiary/aromatic N) is 2. The number of aromatic amines is 1. The molecule has 1 aromatic carbocycles. The number of carbonyl (C=O) groups excluding carboxylic acids is 1. The summed E-state index contributed by atoms with van der Waals surface area (Å²) in [6.07, 6.45) is 1.63. The maximum absolute atomic E-state index is 12.2. The zero-order valence-electron chi connectivity index (χ0n) is 12.7. The van der Waals surface area contributed by atoms with Crippen LogP contribution in [0.25, 0.3) is 10.9 Å². The lowest BCUT2D eigenvalue weighted by atomic mass is 10.2. The Morgan fingerprint density at radius 3 is 2.92 bits per heavy atom. The van der Waals surface area contributed by atoms with Gasteiger partial charge < -0.3 is 15.5 Å². The molecule has 0 bridgehead atoms. The van der Waals surface area contributed by atoms with E-state index < -0.39 is 5.91 Å². The monoisotopic (exact) mass is 343 g/mol. The number of ether oxygens (including phenoxy) is 1. The van der Waals surface area contributed by atoms with Crippen LogP contribution in [0.3, 0.4) is 0 Å². The molecule has 0 atom stereocenters. The Hall–Kier alpha value is -3.06. The molecule has 2 heterocycles. The zero-order chi connectivity index (χ0) is 17.1. The number of nitrogens with two attached hydrogens (primary N) is 1. The molecule has 1 amide bonds. The first-order valence-corrected chi connectivity index (χ1v) is 7.40. The fourth-order valence-electron chi connectivity index (χ4n) is 2.13. The highest BCUT2D eigenvalue weighted by atomic mass is 35.5. The smallest absolute Gasteiger partial charge is 0.274 e. The van der Waals surface area contributed by atoms with Gasteiger partial charge in [0.2, 0.25) is 5.88 Å². The van der Waals surface area contributed by atoms with Gasteiger partial charge in [0.1, 0.15) is 5.69 Å². The molecular weight excluding hydrogens is 330 g/mol. The van der Waals surface area contributed by atoms with Crippen LogP contribution in [-0.2, 0) is 0 Å². The third kappa shape index (κ3) is 3.16. The third-order valence-electron chi connectivity index (χ3n) is 3.28. The topological polar surface area (TPSA) is 105 Å². The fraction of sp³-hybridized carbons (Fsp3) is 0.0625. The maximum atomic E-state index is 12.2. The average molecular weight is 344 g/mol. The number of benzene rings is 1. The summed E-state index contributed by atoms with van der Waals surface area (Å²) in [6, 6.07) is 10.4. The second kappa shape index (κ2) is 6.59. The van der Waals surface area contributed by atoms with Gasteiger partial charge in [0.05, 0.1) is 10.5 Å². The Bertz CT molecular complexity index is 921. The first-order valence-electron chi connectivity index (χ1n) is 7.02. The summed E-state index contributed by atoms with van der Waals surface area (Å²) in [6.45, 7) is 0. The van der Waals surface area contributed by atoms with E-state index in [1.807, 2.05) is 6.07 Å². The number of aliphatic imine (C=N–C) groups is 1. The number of guanidine groups is 1. The van der Waals surface area contributed by atoms with Gasteiger partial charge in [-0.1, -0.05) is 17.7 Å². The lowest BCUT2D eigenvalue weighted by molar-refractivity contribution is 0.0972. The van der Waals surface area contributed by atoms with E-state index in [0.29, 0.717) is 27.6 Å². The van der Waals surface area contributed by atoms with E-state index in [-0.39, 0.29) is 11.7 Å². The van der Waals surface area contributed by atoms with Gasteiger partial charge >= 0.3 is 0 Å². The maximum Gasteiger partial charge on any atom is 0.274 e. The minimum atomic E-state index is -0.422. The first-order chi connectivity index (χ1) is 11.6. The van der Waals surface area contributed by atoms with Crippen LogP contribution in [0.15, 0.2) is 47.6 Å². The van der Waals surface area contributed by atoms with Crippen LogP contribution in [0.1, 0.15) is 10.5 Å². The quantitative estimate of drug-likeness (QED) is 0.502. The predicted molar refractivity (Wildman–Crippen MR) is 92.6 cm³/mol. The van der Waals surface area contributed by atoms with Crippen molar-refractivity contribution in [3.05, 3.63) is 53.3 Å². The highest BCUT2D eigenvalue weighted by molar-refractivity contribution is 6.35. The Morgan fingerprint density at radius 2 is 2.21 bits per heavy atom. The number of pyridine rings is 1. The SMILES string of the molecule is CN=C(N)NC(=O)c1cc2c(Cl)ccc(Oc3ccccn3)c2[nH]1. The van der Waals surface area contributed by atoms with Crippen molar-refractivity contribution in [1.82, 2.24) is 15.3 Å². The number of rotatable bonds is 3. The lowest BCUT2D eigenvalue weighted by Crippen LogP contribution is -2.36. The number of amides is 1. The van der Waals surface area contributed by atoms with Crippen molar-refractivity contribution in [2.45, 2.75) is 0 Å². The molecule has 0 spiro atoms. The van der Waals surface area contributed by atoms with E-state index in [9.17, 15) is 4.79 Å². The van der Waals surface area contributed by atoms with Crippen LogP contribution in [0.5, 0.6) is 11.6 Å². The molecule has 24 heavy (non-hydrogen) atoms. The summed E-state index contributed by atoms with van der Waals surface area (Å²) < 4.78 is 5.76. The second-order valence-electron chi connectivity index (χ2n) is 4.85. The minimum absolute atomic E-state index is 0.0229. The van der Waals surface area contributed by atoms with E-state index in [4.69, 9.17) is 22.1 Å². The van der Waals surface area contributed by atoms with Crippen molar-refractivity contribution in [2.24, 2.45) is 10.7 Å². The molecule has 2 aromatic heterocycles. The number of fused-ring (bicyclic) bond motifs is 1. The van der Waals surface area contributed by atoms with Crippen LogP contribution < -0.4 is 15.8 Å². The number of nitrogens with one attached hydrogen (secondary N) is 2. The summed E-state index contributed by atoms with van der Waals surface area (Å²) in [5.74, 6) is 0.539. The number of halogens is 1. The van der Waals surface area contributed by atoms with Gasteiger partial charge in [-0.3, -0.25) is 15.1 Å². The summed E-state index contributed by atoms with van der Waals surface area (Å²) in [5, 5.41) is 3.60. The van der Waals surface area contributed by atoms with Crippen LogP contribution in [0.2, 0.25) is 5.02 Å². The number of carbonyl (C=O) groups is 1. The van der Waals surface area contributed by atoms with Gasteiger partial charge in [-0.15, -0.1) is 0 Å².